The van der Waals surface area contributed by atoms with Gasteiger partial charge in [0.05, 0.1) is 19.6 Å². The van der Waals surface area contributed by atoms with Crippen molar-refractivity contribution in [3.8, 4) is 5.75 Å². The highest BCUT2D eigenvalue weighted by Crippen LogP contribution is 2.47. The van der Waals surface area contributed by atoms with Crippen LogP contribution in [0.5, 0.6) is 5.75 Å². The number of ether oxygens (including phenoxy) is 3. The van der Waals surface area contributed by atoms with Crippen molar-refractivity contribution in [2.75, 3.05) is 24.9 Å². The fraction of sp³-hybridized carbons (Fsp3) is 0.458. The van der Waals surface area contributed by atoms with Crippen molar-refractivity contribution in [3.63, 3.8) is 0 Å². The fourth-order valence-electron chi connectivity index (χ4n) is 4.76. The van der Waals surface area contributed by atoms with Gasteiger partial charge in [0.2, 0.25) is 0 Å². The molecule has 0 unspecified atom stereocenters. The molecule has 1 aliphatic rings. The number of nitrogens with zero attached hydrogens (tertiary/aromatic N) is 5. The van der Waals surface area contributed by atoms with E-state index >= 15 is 0 Å². The highest BCUT2D eigenvalue weighted by Gasteiger charge is 2.54. The van der Waals surface area contributed by atoms with Gasteiger partial charge in [0.1, 0.15) is 11.9 Å². The molecule has 0 aliphatic carbocycles. The zero-order valence-electron chi connectivity index (χ0n) is 20.4. The van der Waals surface area contributed by atoms with E-state index in [-0.39, 0.29) is 0 Å². The number of aromatic nitrogens is 4. The Bertz CT molecular complexity index is 1160. The number of rotatable bonds is 7. The molecule has 34 heavy (non-hydrogen) atoms. The summed E-state index contributed by atoms with van der Waals surface area (Å²) in [5.41, 5.74) is 9.38. The largest absolute Gasteiger partial charge is 0.479 e. The van der Waals surface area contributed by atoms with Crippen molar-refractivity contribution in [1.29, 1.82) is 0 Å². The number of benzene rings is 2. The Kier molecular flexibility index (Phi) is 6.48. The molecule has 0 saturated carbocycles. The van der Waals surface area contributed by atoms with Gasteiger partial charge in [-0.25, -0.2) is 0 Å². The first-order valence-electron chi connectivity index (χ1n) is 11.1. The van der Waals surface area contributed by atoms with Crippen LogP contribution in [0.1, 0.15) is 35.5 Å². The molecule has 2 heterocycles. The lowest BCUT2D eigenvalue weighted by molar-refractivity contribution is -0.237. The second-order valence-electron chi connectivity index (χ2n) is 8.89. The number of aliphatic hydroxyl groups excluding tert-OH is 1. The van der Waals surface area contributed by atoms with Gasteiger partial charge in [0.25, 0.3) is 0 Å². The van der Waals surface area contributed by atoms with E-state index < -0.39 is 24.0 Å². The lowest BCUT2D eigenvalue weighted by Crippen LogP contribution is -2.62. The number of hydrogen-bond acceptors (Lipinski definition) is 9. The van der Waals surface area contributed by atoms with Crippen LogP contribution in [0, 0.1) is 13.8 Å². The minimum atomic E-state index is -1.22. The number of methoxy groups -OCH3 is 2. The Morgan fingerprint density at radius 1 is 1.21 bits per heavy atom. The third kappa shape index (κ3) is 4.20. The minimum absolute atomic E-state index is 0.300. The summed E-state index contributed by atoms with van der Waals surface area (Å²) in [6, 6.07) is 11.0. The Balaban J connectivity index is 1.92. The summed E-state index contributed by atoms with van der Waals surface area (Å²) in [6.45, 7) is 6.16. The van der Waals surface area contributed by atoms with Crippen molar-refractivity contribution in [3.05, 3.63) is 58.9 Å². The number of nitrogen functional groups attached to an aromatic ring is 1. The van der Waals surface area contributed by atoms with Gasteiger partial charge >= 0.3 is 0 Å². The molecule has 3 aromatic rings. The Labute approximate surface area is 199 Å². The van der Waals surface area contributed by atoms with Crippen molar-refractivity contribution in [1.82, 2.24) is 20.2 Å². The quantitative estimate of drug-likeness (QED) is 0.397. The summed E-state index contributed by atoms with van der Waals surface area (Å²) in [5.74, 6) is 1.11. The molecule has 0 amide bonds. The topological polar surface area (TPSA) is 121 Å². The van der Waals surface area contributed by atoms with E-state index in [2.05, 4.69) is 26.4 Å². The molecule has 2 aromatic carbocycles. The standard InChI is InChI=1S/C24H32N6O4/c1-14-7-9-18(15(2)11-14)30(13-20-26-28-29(4)27-20)21-17-12-16(25)8-10-19(17)34-24(3,22(21)31)23(32-5)33-6/h7-12,21-23,31H,13,25H2,1-6H3/t21-,22+,24-/m0/s1. The molecule has 0 saturated heterocycles. The van der Waals surface area contributed by atoms with E-state index in [4.69, 9.17) is 19.9 Å². The average molecular weight is 469 g/mol. The summed E-state index contributed by atoms with van der Waals surface area (Å²) in [4.78, 5) is 3.48. The second-order valence-corrected chi connectivity index (χ2v) is 8.89. The van der Waals surface area contributed by atoms with Crippen LogP contribution in [0.25, 0.3) is 0 Å². The molecule has 1 aliphatic heterocycles. The lowest BCUT2D eigenvalue weighted by Gasteiger charge is -2.50. The molecule has 1 aromatic heterocycles. The molecule has 0 spiro atoms. The zero-order chi connectivity index (χ0) is 24.6. The molecule has 0 radical (unpaired) electrons. The van der Waals surface area contributed by atoms with Gasteiger partial charge in [-0.15, -0.1) is 10.2 Å². The van der Waals surface area contributed by atoms with Crippen LogP contribution in [0.4, 0.5) is 11.4 Å². The number of tetrazole rings is 1. The second kappa shape index (κ2) is 9.21. The van der Waals surface area contributed by atoms with Crippen LogP contribution in [0.3, 0.4) is 0 Å². The van der Waals surface area contributed by atoms with E-state index in [9.17, 15) is 5.11 Å². The van der Waals surface area contributed by atoms with E-state index in [1.54, 1.807) is 20.0 Å². The third-order valence-corrected chi connectivity index (χ3v) is 6.32. The van der Waals surface area contributed by atoms with Crippen LogP contribution < -0.4 is 15.4 Å². The summed E-state index contributed by atoms with van der Waals surface area (Å²) >= 11 is 0. The van der Waals surface area contributed by atoms with Crippen molar-refractivity contribution >= 4 is 11.4 Å². The van der Waals surface area contributed by atoms with Gasteiger partial charge < -0.3 is 30.0 Å². The van der Waals surface area contributed by atoms with E-state index in [1.807, 2.05) is 38.1 Å². The molecule has 3 atom stereocenters. The maximum atomic E-state index is 11.9. The smallest absolute Gasteiger partial charge is 0.199 e. The normalized spacial score (nSPS) is 21.9. The zero-order valence-corrected chi connectivity index (χ0v) is 20.4. The van der Waals surface area contributed by atoms with Gasteiger partial charge in [-0.05, 0) is 55.8 Å². The third-order valence-electron chi connectivity index (χ3n) is 6.32. The van der Waals surface area contributed by atoms with Crippen LogP contribution in [0.2, 0.25) is 0 Å². The highest BCUT2D eigenvalue weighted by atomic mass is 16.7. The number of fused-ring (bicyclic) bond motifs is 1. The molecule has 182 valence electrons. The summed E-state index contributed by atoms with van der Waals surface area (Å²) < 4.78 is 17.4. The van der Waals surface area contributed by atoms with Crippen molar-refractivity contribution < 1.29 is 19.3 Å². The summed E-state index contributed by atoms with van der Waals surface area (Å²) in [7, 11) is 4.76. The number of nitrogens with two attached hydrogens (primary N) is 1. The summed E-state index contributed by atoms with van der Waals surface area (Å²) in [5, 5.41) is 24.5. The van der Waals surface area contributed by atoms with E-state index in [0.29, 0.717) is 23.8 Å². The van der Waals surface area contributed by atoms with Crippen LogP contribution >= 0.6 is 0 Å². The first-order chi connectivity index (χ1) is 16.2. The monoisotopic (exact) mass is 468 g/mol. The number of aryl methyl sites for hydroxylation is 3. The maximum absolute atomic E-state index is 11.9. The van der Waals surface area contributed by atoms with E-state index in [1.165, 1.54) is 19.0 Å². The number of hydrogen-bond donors (Lipinski definition) is 2. The lowest BCUT2D eigenvalue weighted by atomic mass is 9.83. The Hall–Kier alpha value is -3.21. The molecule has 0 bridgehead atoms. The Morgan fingerprint density at radius 3 is 2.56 bits per heavy atom. The number of anilines is 2. The van der Waals surface area contributed by atoms with Gasteiger partial charge in [-0.2, -0.15) is 4.80 Å². The average Bonchev–Trinajstić information content (AvgIpc) is 3.20. The molecule has 10 heteroatoms. The van der Waals surface area contributed by atoms with Crippen molar-refractivity contribution in [2.45, 2.75) is 51.4 Å². The van der Waals surface area contributed by atoms with Crippen LogP contribution in [-0.2, 0) is 23.1 Å². The predicted octanol–water partition coefficient (Wildman–Crippen LogP) is 2.29. The molecular weight excluding hydrogens is 436 g/mol. The van der Waals surface area contributed by atoms with Crippen LogP contribution in [0.15, 0.2) is 36.4 Å². The fourth-order valence-corrected chi connectivity index (χ4v) is 4.76. The number of aliphatic hydroxyl groups is 1. The van der Waals surface area contributed by atoms with Gasteiger partial charge in [-0.1, -0.05) is 17.7 Å². The SMILES string of the molecule is COC(OC)[C@@]1(C)Oc2ccc(N)cc2[C@H](N(Cc2nnn(C)n2)c2ccc(C)cc2C)[C@H]1O. The summed E-state index contributed by atoms with van der Waals surface area (Å²) in [6.07, 6.45) is -1.89. The molecule has 0 fully saturated rings. The molecule has 4 rings (SSSR count). The Morgan fingerprint density at radius 2 is 1.94 bits per heavy atom. The highest BCUT2D eigenvalue weighted by molar-refractivity contribution is 5.60. The van der Waals surface area contributed by atoms with E-state index in [0.717, 1.165) is 22.4 Å². The minimum Gasteiger partial charge on any atom is -0.479 e. The molecule has 3 N–H and O–H groups in total. The first kappa shape index (κ1) is 23.9. The molecular formula is C24H32N6O4. The van der Waals surface area contributed by atoms with Gasteiger partial charge in [-0.3, -0.25) is 0 Å². The van der Waals surface area contributed by atoms with Gasteiger partial charge in [0, 0.05) is 31.2 Å². The van der Waals surface area contributed by atoms with Crippen molar-refractivity contribution in [2.24, 2.45) is 7.05 Å². The predicted molar refractivity (Wildman–Crippen MR) is 127 cm³/mol. The first-order valence-corrected chi connectivity index (χ1v) is 11.1. The maximum Gasteiger partial charge on any atom is 0.199 e. The van der Waals surface area contributed by atoms with Crippen LogP contribution in [-0.4, -0.2) is 57.5 Å². The van der Waals surface area contributed by atoms with Gasteiger partial charge in [0.15, 0.2) is 17.7 Å². The molecule has 10 nitrogen and oxygen atoms in total.